The Hall–Kier alpha value is -2.28. The maximum absolute atomic E-state index is 14.2. The van der Waals surface area contributed by atoms with Crippen LogP contribution < -0.4 is 0 Å². The van der Waals surface area contributed by atoms with Gasteiger partial charge in [-0.05, 0) is 61.1 Å². The number of nitrogens with zero attached hydrogens (tertiary/aromatic N) is 1. The Balaban J connectivity index is 1.80. The number of carbonyl (C=O) groups excluding carboxylic acids is 1. The number of Topliss-reactive ketones (excluding diaryl/α,β-unsaturated/α-hetero) is 1. The van der Waals surface area contributed by atoms with Gasteiger partial charge in [-0.25, -0.2) is 8.78 Å². The second kappa shape index (κ2) is 11.2. The topological polar surface area (TPSA) is 80.4 Å². The zero-order valence-electron chi connectivity index (χ0n) is 20.7. The van der Waals surface area contributed by atoms with Crippen molar-refractivity contribution in [3.8, 4) is 0 Å². The number of alkyl halides is 2. The largest absolute Gasteiger partial charge is 0.481 e. The highest BCUT2D eigenvalue weighted by molar-refractivity contribution is 6.31. The molecule has 0 saturated heterocycles. The minimum absolute atomic E-state index is 0.0128. The molecule has 1 saturated carbocycles. The molecule has 0 amide bonds. The summed E-state index contributed by atoms with van der Waals surface area (Å²) in [6.45, 7) is 8.36. The number of aliphatic carboxylic acids is 1. The normalized spacial score (nSPS) is 19.0. The predicted molar refractivity (Wildman–Crippen MR) is 130 cm³/mol. The quantitative estimate of drug-likeness (QED) is 0.336. The van der Waals surface area contributed by atoms with Gasteiger partial charge in [0.15, 0.2) is 0 Å². The van der Waals surface area contributed by atoms with E-state index in [0.29, 0.717) is 16.5 Å². The summed E-state index contributed by atoms with van der Waals surface area (Å²) >= 11 is 6.25. The van der Waals surface area contributed by atoms with E-state index in [0.717, 1.165) is 24.8 Å². The Morgan fingerprint density at radius 1 is 1.26 bits per heavy atom. The monoisotopic (exact) mass is 509 g/mol. The zero-order chi connectivity index (χ0) is 25.9. The molecule has 0 radical (unpaired) electrons. The first-order valence-electron chi connectivity index (χ1n) is 12.1. The number of halogens is 3. The number of aromatic nitrogens is 1. The van der Waals surface area contributed by atoms with Gasteiger partial charge in [0, 0.05) is 36.1 Å². The van der Waals surface area contributed by atoms with Gasteiger partial charge in [-0.15, -0.1) is 0 Å². The first kappa shape index (κ1) is 27.3. The van der Waals surface area contributed by atoms with Crippen LogP contribution in [0.1, 0.15) is 106 Å². The summed E-state index contributed by atoms with van der Waals surface area (Å²) in [5.74, 6) is -1.54. The molecule has 1 atom stereocenters. The zero-order valence-corrected chi connectivity index (χ0v) is 21.5. The van der Waals surface area contributed by atoms with E-state index in [1.165, 1.54) is 0 Å². The highest BCUT2D eigenvalue weighted by Crippen LogP contribution is 2.50. The fourth-order valence-electron chi connectivity index (χ4n) is 5.10. The second-order valence-corrected chi connectivity index (χ2v) is 11.5. The molecule has 1 aromatic carbocycles. The maximum atomic E-state index is 14.2. The lowest BCUT2D eigenvalue weighted by molar-refractivity contribution is -0.137. The summed E-state index contributed by atoms with van der Waals surface area (Å²) in [6, 6.07) is 5.38. The van der Waals surface area contributed by atoms with Gasteiger partial charge >= 0.3 is 5.97 Å². The molecular weight excluding hydrogens is 476 g/mol. The Bertz CT molecular complexity index is 1050. The molecule has 2 aromatic rings. The summed E-state index contributed by atoms with van der Waals surface area (Å²) in [6.07, 6.45) is -0.605. The number of hydrogen-bond acceptors (Lipinski definition) is 4. The van der Waals surface area contributed by atoms with E-state index < -0.39 is 18.3 Å². The van der Waals surface area contributed by atoms with Crippen LogP contribution in [0.2, 0.25) is 5.02 Å². The molecular formula is C27H34ClF2NO4. The molecule has 0 bridgehead atoms. The second-order valence-electron chi connectivity index (χ2n) is 11.1. The molecule has 35 heavy (non-hydrogen) atoms. The number of carboxylic acid groups (broad SMARTS) is 1. The molecule has 1 fully saturated rings. The fraction of sp³-hybridized carbons (Fsp3) is 0.593. The highest BCUT2D eigenvalue weighted by atomic mass is 35.5. The predicted octanol–water partition coefficient (Wildman–Crippen LogP) is 7.65. The number of aryl methyl sites for hydroxylation is 1. The highest BCUT2D eigenvalue weighted by Gasteiger charge is 2.40. The molecule has 0 unspecified atom stereocenters. The lowest BCUT2D eigenvalue weighted by Crippen LogP contribution is -2.26. The summed E-state index contributed by atoms with van der Waals surface area (Å²) in [4.78, 5) is 24.1. The molecule has 1 aliphatic rings. The van der Waals surface area contributed by atoms with E-state index >= 15 is 0 Å². The summed E-state index contributed by atoms with van der Waals surface area (Å²) in [5.41, 5.74) is 1.52. The van der Waals surface area contributed by atoms with Crippen LogP contribution in [-0.2, 0) is 16.0 Å². The average molecular weight is 510 g/mol. The van der Waals surface area contributed by atoms with Crippen molar-refractivity contribution >= 4 is 23.4 Å². The Morgan fingerprint density at radius 3 is 2.51 bits per heavy atom. The van der Waals surface area contributed by atoms with Crippen LogP contribution in [0.4, 0.5) is 8.78 Å². The molecule has 0 spiro atoms. The fourth-order valence-corrected chi connectivity index (χ4v) is 5.40. The first-order chi connectivity index (χ1) is 16.3. The molecule has 1 aromatic heterocycles. The van der Waals surface area contributed by atoms with Crippen molar-refractivity contribution < 1.29 is 28.0 Å². The van der Waals surface area contributed by atoms with Gasteiger partial charge in [-0.2, -0.15) is 0 Å². The van der Waals surface area contributed by atoms with Crippen LogP contribution in [0, 0.1) is 18.3 Å². The van der Waals surface area contributed by atoms with Gasteiger partial charge in [0.05, 0.1) is 11.3 Å². The third-order valence-corrected chi connectivity index (χ3v) is 7.02. The standard InChI is InChI=1S/C27H34ClF2NO4/c1-15-5-6-17(21(28)9-15)12-20(32)13-18(7-8-22(33)34)24-23(26(29)30)25(35-31-24)19-10-16(11-19)14-27(2,3)4/h5-6,9,16,18-19,26H,7-8,10-14H2,1-4H3,(H,33,34)/t16?,18-,19?/m0/s1. The number of rotatable bonds is 11. The van der Waals surface area contributed by atoms with Crippen molar-refractivity contribution in [1.82, 2.24) is 5.16 Å². The van der Waals surface area contributed by atoms with E-state index in [4.69, 9.17) is 16.1 Å². The van der Waals surface area contributed by atoms with Gasteiger partial charge in [0.2, 0.25) is 0 Å². The Labute approximate surface area is 210 Å². The number of carboxylic acids is 1. The van der Waals surface area contributed by atoms with Crippen LogP contribution in [-0.4, -0.2) is 22.0 Å². The molecule has 192 valence electrons. The summed E-state index contributed by atoms with van der Waals surface area (Å²) in [5, 5.41) is 13.6. The Morgan fingerprint density at radius 2 is 1.94 bits per heavy atom. The van der Waals surface area contributed by atoms with E-state index in [9.17, 15) is 23.5 Å². The molecule has 0 aliphatic heterocycles. The third kappa shape index (κ3) is 7.35. The molecule has 5 nitrogen and oxygen atoms in total. The van der Waals surface area contributed by atoms with Crippen molar-refractivity contribution in [2.45, 2.75) is 90.9 Å². The van der Waals surface area contributed by atoms with Gasteiger partial charge in [0.25, 0.3) is 6.43 Å². The van der Waals surface area contributed by atoms with Crippen molar-refractivity contribution in [3.05, 3.63) is 51.4 Å². The molecule has 1 heterocycles. The molecule has 8 heteroatoms. The minimum atomic E-state index is -2.82. The first-order valence-corrected chi connectivity index (χ1v) is 12.5. The average Bonchev–Trinajstić information content (AvgIpc) is 3.13. The minimum Gasteiger partial charge on any atom is -0.481 e. The third-order valence-electron chi connectivity index (χ3n) is 6.67. The van der Waals surface area contributed by atoms with Crippen molar-refractivity contribution in [2.75, 3.05) is 0 Å². The van der Waals surface area contributed by atoms with Crippen LogP contribution in [0.15, 0.2) is 22.7 Å². The lowest BCUT2D eigenvalue weighted by Gasteiger charge is -2.38. The van der Waals surface area contributed by atoms with Crippen LogP contribution in [0.3, 0.4) is 0 Å². The molecule has 1 N–H and O–H groups in total. The molecule has 3 rings (SSSR count). The maximum Gasteiger partial charge on any atom is 0.303 e. The van der Waals surface area contributed by atoms with Crippen LogP contribution in [0.5, 0.6) is 0 Å². The lowest BCUT2D eigenvalue weighted by atomic mass is 9.67. The summed E-state index contributed by atoms with van der Waals surface area (Å²) in [7, 11) is 0. The van der Waals surface area contributed by atoms with Gasteiger partial charge in [-0.1, -0.05) is 49.7 Å². The van der Waals surface area contributed by atoms with Gasteiger partial charge in [0.1, 0.15) is 11.5 Å². The number of benzene rings is 1. The summed E-state index contributed by atoms with van der Waals surface area (Å²) < 4.78 is 33.9. The number of carbonyl (C=O) groups is 2. The smallest absolute Gasteiger partial charge is 0.303 e. The van der Waals surface area contributed by atoms with E-state index in [1.807, 2.05) is 13.0 Å². The number of ketones is 1. The van der Waals surface area contributed by atoms with Crippen LogP contribution >= 0.6 is 11.6 Å². The van der Waals surface area contributed by atoms with Crippen LogP contribution in [0.25, 0.3) is 0 Å². The van der Waals surface area contributed by atoms with Crippen molar-refractivity contribution in [3.63, 3.8) is 0 Å². The Kier molecular flexibility index (Phi) is 8.73. The van der Waals surface area contributed by atoms with Gasteiger partial charge < -0.3 is 9.63 Å². The molecule has 1 aliphatic carbocycles. The van der Waals surface area contributed by atoms with Crippen molar-refractivity contribution in [1.29, 1.82) is 0 Å². The van der Waals surface area contributed by atoms with Crippen molar-refractivity contribution in [2.24, 2.45) is 11.3 Å². The van der Waals surface area contributed by atoms with E-state index in [-0.39, 0.29) is 59.8 Å². The van der Waals surface area contributed by atoms with E-state index in [2.05, 4.69) is 25.9 Å². The van der Waals surface area contributed by atoms with Gasteiger partial charge in [-0.3, -0.25) is 9.59 Å². The van der Waals surface area contributed by atoms with E-state index in [1.54, 1.807) is 12.1 Å². The SMILES string of the molecule is Cc1ccc(CC(=O)C[C@H](CCC(=O)O)c2noc(C3CC(CC(C)(C)C)C3)c2C(F)F)c(Cl)c1. The number of hydrogen-bond donors (Lipinski definition) is 1.